The lowest BCUT2D eigenvalue weighted by molar-refractivity contribution is 0.0950. The molecule has 142 valence electrons. The molecule has 2 N–H and O–H groups in total. The van der Waals surface area contributed by atoms with Crippen molar-refractivity contribution in [1.29, 1.82) is 0 Å². The van der Waals surface area contributed by atoms with Gasteiger partial charge in [-0.2, -0.15) is 10.2 Å². The highest BCUT2D eigenvalue weighted by molar-refractivity contribution is 6.00. The Morgan fingerprint density at radius 3 is 2.10 bits per heavy atom. The summed E-state index contributed by atoms with van der Waals surface area (Å²) in [5, 5.41) is 11.2. The molecule has 1 heterocycles. The molecule has 0 aliphatic carbocycles. The van der Waals surface area contributed by atoms with Crippen molar-refractivity contribution in [2.45, 2.75) is 6.92 Å². The topological polar surface area (TPSA) is 70.1 Å². The first kappa shape index (κ1) is 18.4. The maximum atomic E-state index is 12.4. The number of carbonyl (C=O) groups excluding carboxylic acids is 1. The minimum atomic E-state index is -0.333. The number of aromatic amines is 1. The van der Waals surface area contributed by atoms with Crippen LogP contribution >= 0.6 is 0 Å². The zero-order chi connectivity index (χ0) is 20.1. The molecular formula is C24H20N4O. The second kappa shape index (κ2) is 8.35. The highest BCUT2D eigenvalue weighted by Gasteiger charge is 2.11. The summed E-state index contributed by atoms with van der Waals surface area (Å²) in [7, 11) is 0. The van der Waals surface area contributed by atoms with E-state index in [-0.39, 0.29) is 5.91 Å². The third-order valence-corrected chi connectivity index (χ3v) is 4.63. The quantitative estimate of drug-likeness (QED) is 0.382. The number of carbonyl (C=O) groups is 1. The van der Waals surface area contributed by atoms with Crippen LogP contribution in [-0.2, 0) is 0 Å². The van der Waals surface area contributed by atoms with Crippen LogP contribution in [0, 0.1) is 0 Å². The third-order valence-electron chi connectivity index (χ3n) is 4.63. The van der Waals surface area contributed by atoms with Gasteiger partial charge in [0.25, 0.3) is 5.91 Å². The van der Waals surface area contributed by atoms with Crippen molar-refractivity contribution in [3.8, 4) is 22.4 Å². The molecule has 29 heavy (non-hydrogen) atoms. The number of benzene rings is 3. The van der Waals surface area contributed by atoms with Gasteiger partial charge >= 0.3 is 0 Å². The Balaban J connectivity index is 1.46. The number of nitrogens with zero attached hydrogens (tertiary/aromatic N) is 2. The van der Waals surface area contributed by atoms with E-state index in [2.05, 4.69) is 32.9 Å². The minimum absolute atomic E-state index is 0.333. The first-order valence-electron chi connectivity index (χ1n) is 9.32. The first-order valence-corrected chi connectivity index (χ1v) is 9.32. The molecule has 0 aliphatic rings. The molecule has 0 atom stereocenters. The van der Waals surface area contributed by atoms with Gasteiger partial charge in [-0.1, -0.05) is 84.9 Å². The Morgan fingerprint density at radius 1 is 0.828 bits per heavy atom. The number of aromatic nitrogens is 2. The molecule has 1 amide bonds. The molecule has 0 aliphatic heterocycles. The molecule has 5 nitrogen and oxygen atoms in total. The van der Waals surface area contributed by atoms with Gasteiger partial charge in [-0.15, -0.1) is 0 Å². The van der Waals surface area contributed by atoms with Gasteiger partial charge in [0, 0.05) is 5.56 Å². The van der Waals surface area contributed by atoms with Gasteiger partial charge in [0.05, 0.1) is 11.4 Å². The summed E-state index contributed by atoms with van der Waals surface area (Å²) >= 11 is 0. The number of amides is 1. The standard InChI is InChI=1S/C24H20N4O/c1-17(18-8-4-2-5-9-18)25-28-24(29)23-16-22(26-27-23)21-14-12-20(13-15-21)19-10-6-3-7-11-19/h2-16H,1H3,(H,26,27)(H,28,29). The van der Waals surface area contributed by atoms with E-state index in [1.165, 1.54) is 0 Å². The van der Waals surface area contributed by atoms with E-state index in [1.807, 2.05) is 79.7 Å². The lowest BCUT2D eigenvalue weighted by atomic mass is 10.0. The molecule has 5 heteroatoms. The molecule has 0 saturated carbocycles. The van der Waals surface area contributed by atoms with Crippen LogP contribution in [0.5, 0.6) is 0 Å². The second-order valence-electron chi connectivity index (χ2n) is 6.61. The van der Waals surface area contributed by atoms with Crippen molar-refractivity contribution in [3.05, 3.63) is 102 Å². The normalized spacial score (nSPS) is 11.3. The zero-order valence-electron chi connectivity index (χ0n) is 16.0. The fourth-order valence-corrected chi connectivity index (χ4v) is 2.99. The van der Waals surface area contributed by atoms with Gasteiger partial charge < -0.3 is 0 Å². The van der Waals surface area contributed by atoms with Gasteiger partial charge in [-0.25, -0.2) is 5.43 Å². The van der Waals surface area contributed by atoms with Crippen LogP contribution in [0.4, 0.5) is 0 Å². The molecule has 4 aromatic rings. The smallest absolute Gasteiger partial charge is 0.272 e. The summed E-state index contributed by atoms with van der Waals surface area (Å²) in [4.78, 5) is 12.4. The number of hydrogen-bond acceptors (Lipinski definition) is 3. The lowest BCUT2D eigenvalue weighted by Gasteiger charge is -2.02. The summed E-state index contributed by atoms with van der Waals surface area (Å²) < 4.78 is 0. The molecule has 0 spiro atoms. The number of nitrogens with one attached hydrogen (secondary N) is 2. The largest absolute Gasteiger partial charge is 0.289 e. The van der Waals surface area contributed by atoms with Gasteiger partial charge in [-0.05, 0) is 29.7 Å². The first-order chi connectivity index (χ1) is 14.2. The molecule has 0 bridgehead atoms. The van der Waals surface area contributed by atoms with Gasteiger partial charge in [0.15, 0.2) is 0 Å². The average molecular weight is 380 g/mol. The van der Waals surface area contributed by atoms with E-state index in [9.17, 15) is 4.79 Å². The summed E-state index contributed by atoms with van der Waals surface area (Å²) in [5.74, 6) is -0.333. The van der Waals surface area contributed by atoms with Gasteiger partial charge in [0.1, 0.15) is 5.69 Å². The van der Waals surface area contributed by atoms with Crippen LogP contribution in [0.25, 0.3) is 22.4 Å². The third kappa shape index (κ3) is 4.30. The number of hydrazone groups is 1. The van der Waals surface area contributed by atoms with Crippen molar-refractivity contribution >= 4 is 11.6 Å². The van der Waals surface area contributed by atoms with Crippen LogP contribution in [0.3, 0.4) is 0 Å². The number of rotatable bonds is 5. The van der Waals surface area contributed by atoms with E-state index in [0.717, 1.165) is 28.0 Å². The van der Waals surface area contributed by atoms with E-state index in [4.69, 9.17) is 0 Å². The lowest BCUT2D eigenvalue weighted by Crippen LogP contribution is -2.19. The zero-order valence-corrected chi connectivity index (χ0v) is 16.0. The maximum Gasteiger partial charge on any atom is 0.289 e. The van der Waals surface area contributed by atoms with Crippen molar-refractivity contribution < 1.29 is 4.79 Å². The molecule has 0 unspecified atom stereocenters. The summed E-state index contributed by atoms with van der Waals surface area (Å²) in [6.45, 7) is 1.85. The molecule has 1 aromatic heterocycles. The van der Waals surface area contributed by atoms with Crippen molar-refractivity contribution in [2.75, 3.05) is 0 Å². The highest BCUT2D eigenvalue weighted by Crippen LogP contribution is 2.24. The van der Waals surface area contributed by atoms with Crippen molar-refractivity contribution in [1.82, 2.24) is 15.6 Å². The molecule has 3 aromatic carbocycles. The van der Waals surface area contributed by atoms with Crippen molar-refractivity contribution in [3.63, 3.8) is 0 Å². The Hall–Kier alpha value is -3.99. The van der Waals surface area contributed by atoms with E-state index in [0.29, 0.717) is 11.4 Å². The Morgan fingerprint density at radius 2 is 1.41 bits per heavy atom. The van der Waals surface area contributed by atoms with E-state index in [1.54, 1.807) is 6.07 Å². The maximum absolute atomic E-state index is 12.4. The van der Waals surface area contributed by atoms with Crippen LogP contribution in [0.2, 0.25) is 0 Å². The van der Waals surface area contributed by atoms with Crippen molar-refractivity contribution in [2.24, 2.45) is 5.10 Å². The Bertz CT molecular complexity index is 1130. The Labute approximate surface area is 169 Å². The summed E-state index contributed by atoms with van der Waals surface area (Å²) in [6.07, 6.45) is 0. The number of hydrogen-bond donors (Lipinski definition) is 2. The fraction of sp³-hybridized carbons (Fsp3) is 0.0417. The summed E-state index contributed by atoms with van der Waals surface area (Å²) in [5.41, 5.74) is 8.55. The molecule has 0 radical (unpaired) electrons. The molecule has 0 saturated heterocycles. The second-order valence-corrected chi connectivity index (χ2v) is 6.61. The molecule has 0 fully saturated rings. The monoisotopic (exact) mass is 380 g/mol. The molecular weight excluding hydrogens is 360 g/mol. The highest BCUT2D eigenvalue weighted by atomic mass is 16.2. The van der Waals surface area contributed by atoms with Gasteiger partial charge in [0.2, 0.25) is 0 Å². The van der Waals surface area contributed by atoms with Crippen LogP contribution in [0.1, 0.15) is 23.0 Å². The number of H-pyrrole nitrogens is 1. The van der Waals surface area contributed by atoms with Gasteiger partial charge in [-0.3, -0.25) is 9.89 Å². The Kier molecular flexibility index (Phi) is 5.29. The predicted octanol–water partition coefficient (Wildman–Crippen LogP) is 4.90. The predicted molar refractivity (Wildman–Crippen MR) is 116 cm³/mol. The van der Waals surface area contributed by atoms with E-state index >= 15 is 0 Å². The average Bonchev–Trinajstić information content (AvgIpc) is 3.29. The minimum Gasteiger partial charge on any atom is -0.272 e. The van der Waals surface area contributed by atoms with Crippen LogP contribution < -0.4 is 5.43 Å². The van der Waals surface area contributed by atoms with E-state index < -0.39 is 0 Å². The fourth-order valence-electron chi connectivity index (χ4n) is 2.99. The SMILES string of the molecule is CC(=NNC(=O)c1cc(-c2ccc(-c3ccccc3)cc2)n[nH]1)c1ccccc1. The molecule has 4 rings (SSSR count). The van der Waals surface area contributed by atoms with Crippen LogP contribution in [0.15, 0.2) is 96.1 Å². The summed E-state index contributed by atoms with van der Waals surface area (Å²) in [6, 6.07) is 29.7. The van der Waals surface area contributed by atoms with Crippen LogP contribution in [-0.4, -0.2) is 21.8 Å².